The highest BCUT2D eigenvalue weighted by atomic mass is 16.6. The Bertz CT molecular complexity index is 1840. The molecular weight excluding hydrogens is 628 g/mol. The molecular formula is C42H48N2O6. The minimum absolute atomic E-state index is 0.0208. The van der Waals surface area contributed by atoms with Gasteiger partial charge in [-0.1, -0.05) is 86.6 Å². The number of nitrogens with zero attached hydrogens (tertiary/aromatic N) is 2. The molecule has 4 aromatic carbocycles. The SMILES string of the molecule is CC1(COCCOCC(COC(Cn2c3ccccc3c3ccccc32)Cn2c3ccccc3c3ccccc32)OCC2(C)COC2)COC1. The van der Waals surface area contributed by atoms with Crippen molar-refractivity contribution in [2.45, 2.75) is 39.1 Å². The van der Waals surface area contributed by atoms with Crippen molar-refractivity contribution in [2.24, 2.45) is 10.8 Å². The highest BCUT2D eigenvalue weighted by molar-refractivity contribution is 6.08. The molecule has 2 saturated heterocycles. The van der Waals surface area contributed by atoms with Crippen molar-refractivity contribution in [3.8, 4) is 0 Å². The van der Waals surface area contributed by atoms with Gasteiger partial charge in [-0.15, -0.1) is 0 Å². The van der Waals surface area contributed by atoms with E-state index in [2.05, 4.69) is 120 Å². The van der Waals surface area contributed by atoms with E-state index in [0.717, 1.165) is 13.2 Å². The third-order valence-electron chi connectivity index (χ3n) is 10.2. The zero-order valence-corrected chi connectivity index (χ0v) is 29.2. The number of hydrogen-bond donors (Lipinski definition) is 0. The Balaban J connectivity index is 1.05. The molecule has 1 unspecified atom stereocenters. The average Bonchev–Trinajstić information content (AvgIpc) is 3.61. The van der Waals surface area contributed by atoms with E-state index in [-0.39, 0.29) is 23.0 Å². The summed E-state index contributed by atoms with van der Waals surface area (Å²) >= 11 is 0. The second-order valence-corrected chi connectivity index (χ2v) is 14.9. The van der Waals surface area contributed by atoms with Gasteiger partial charge in [0, 0.05) is 54.4 Å². The fourth-order valence-electron chi connectivity index (χ4n) is 7.40. The number of rotatable bonds is 17. The maximum absolute atomic E-state index is 6.99. The molecule has 2 aliphatic heterocycles. The molecule has 50 heavy (non-hydrogen) atoms. The first kappa shape index (κ1) is 33.4. The Morgan fingerprint density at radius 3 is 1.38 bits per heavy atom. The van der Waals surface area contributed by atoms with Gasteiger partial charge in [0.15, 0.2) is 0 Å². The lowest BCUT2D eigenvalue weighted by molar-refractivity contribution is -0.168. The quantitative estimate of drug-likeness (QED) is 0.0934. The summed E-state index contributed by atoms with van der Waals surface area (Å²) in [5, 5.41) is 5.02. The zero-order chi connectivity index (χ0) is 34.0. The summed E-state index contributed by atoms with van der Waals surface area (Å²) in [6.45, 7) is 11.9. The van der Waals surface area contributed by atoms with E-state index < -0.39 is 0 Å². The maximum atomic E-state index is 6.99. The Kier molecular flexibility index (Phi) is 9.66. The summed E-state index contributed by atoms with van der Waals surface area (Å²) in [6, 6.07) is 34.7. The Hall–Kier alpha value is -3.76. The Morgan fingerprint density at radius 2 is 0.940 bits per heavy atom. The standard InChI is InChI=1S/C42H48N2O6/c1-41(26-47-27-41)25-46-20-19-45-23-32(50-30-42(2)28-48-29-42)24-49-31(21-43-37-15-7-3-11-33(37)34-12-4-8-16-38(34)43)22-44-39-17-9-5-13-35(39)36-14-6-10-18-40(36)44/h3-18,31-32H,19-30H2,1-2H3. The van der Waals surface area contributed by atoms with Crippen LogP contribution >= 0.6 is 0 Å². The summed E-state index contributed by atoms with van der Waals surface area (Å²) in [5.41, 5.74) is 4.98. The predicted molar refractivity (Wildman–Crippen MR) is 198 cm³/mol. The number of aromatic nitrogens is 2. The molecule has 2 aromatic heterocycles. The van der Waals surface area contributed by atoms with Crippen LogP contribution < -0.4 is 0 Å². The molecule has 4 heterocycles. The summed E-state index contributed by atoms with van der Waals surface area (Å²) in [4.78, 5) is 0. The number of ether oxygens (including phenoxy) is 6. The van der Waals surface area contributed by atoms with Crippen molar-refractivity contribution in [3.63, 3.8) is 0 Å². The van der Waals surface area contributed by atoms with Gasteiger partial charge in [-0.05, 0) is 24.3 Å². The van der Waals surface area contributed by atoms with E-state index in [1.54, 1.807) is 0 Å². The lowest BCUT2D eigenvalue weighted by atomic mass is 9.90. The van der Waals surface area contributed by atoms with E-state index in [1.807, 2.05) is 0 Å². The van der Waals surface area contributed by atoms with Crippen molar-refractivity contribution in [3.05, 3.63) is 97.1 Å². The van der Waals surface area contributed by atoms with Gasteiger partial charge in [-0.25, -0.2) is 0 Å². The summed E-state index contributed by atoms with van der Waals surface area (Å²) in [5.74, 6) is 0. The molecule has 6 aromatic rings. The molecule has 0 spiro atoms. The fraction of sp³-hybridized carbons (Fsp3) is 0.429. The monoisotopic (exact) mass is 676 g/mol. The zero-order valence-electron chi connectivity index (χ0n) is 29.2. The summed E-state index contributed by atoms with van der Waals surface area (Å²) in [6.07, 6.45) is -0.389. The molecule has 2 aliphatic rings. The highest BCUT2D eigenvalue weighted by Gasteiger charge is 2.35. The minimum atomic E-state index is -0.233. The maximum Gasteiger partial charge on any atom is 0.104 e. The molecule has 0 N–H and O–H groups in total. The van der Waals surface area contributed by atoms with Gasteiger partial charge in [0.1, 0.15) is 6.10 Å². The van der Waals surface area contributed by atoms with Crippen LogP contribution in [0.4, 0.5) is 0 Å². The normalized spacial score (nSPS) is 17.5. The lowest BCUT2D eigenvalue weighted by Gasteiger charge is -2.38. The van der Waals surface area contributed by atoms with Crippen LogP contribution in [0.15, 0.2) is 97.1 Å². The number of para-hydroxylation sites is 4. The van der Waals surface area contributed by atoms with E-state index in [4.69, 9.17) is 28.4 Å². The smallest absolute Gasteiger partial charge is 0.104 e. The van der Waals surface area contributed by atoms with Crippen LogP contribution in [0.5, 0.6) is 0 Å². The third-order valence-corrected chi connectivity index (χ3v) is 10.2. The average molecular weight is 677 g/mol. The van der Waals surface area contributed by atoms with Gasteiger partial charge in [0.2, 0.25) is 0 Å². The molecule has 0 saturated carbocycles. The minimum Gasteiger partial charge on any atom is -0.380 e. The van der Waals surface area contributed by atoms with Gasteiger partial charge >= 0.3 is 0 Å². The number of hydrogen-bond acceptors (Lipinski definition) is 6. The topological polar surface area (TPSA) is 65.2 Å². The fourth-order valence-corrected chi connectivity index (χ4v) is 7.40. The van der Waals surface area contributed by atoms with Gasteiger partial charge < -0.3 is 37.6 Å². The summed E-state index contributed by atoms with van der Waals surface area (Å²) in [7, 11) is 0. The van der Waals surface area contributed by atoms with Crippen LogP contribution in [0.2, 0.25) is 0 Å². The molecule has 0 bridgehead atoms. The largest absolute Gasteiger partial charge is 0.380 e. The molecule has 0 amide bonds. The van der Waals surface area contributed by atoms with E-state index in [1.165, 1.54) is 43.6 Å². The van der Waals surface area contributed by atoms with Crippen LogP contribution in [0, 0.1) is 10.8 Å². The van der Waals surface area contributed by atoms with E-state index in [0.29, 0.717) is 65.9 Å². The summed E-state index contributed by atoms with van der Waals surface area (Å²) < 4.78 is 41.3. The van der Waals surface area contributed by atoms with Crippen molar-refractivity contribution >= 4 is 43.6 Å². The first-order chi connectivity index (χ1) is 24.5. The predicted octanol–water partition coefficient (Wildman–Crippen LogP) is 7.48. The second kappa shape index (κ2) is 14.5. The third kappa shape index (κ3) is 6.93. The van der Waals surface area contributed by atoms with Crippen molar-refractivity contribution in [1.29, 1.82) is 0 Å². The van der Waals surface area contributed by atoms with E-state index in [9.17, 15) is 0 Å². The van der Waals surface area contributed by atoms with Crippen molar-refractivity contribution < 1.29 is 28.4 Å². The Morgan fingerprint density at radius 1 is 0.520 bits per heavy atom. The molecule has 0 radical (unpaired) electrons. The van der Waals surface area contributed by atoms with Crippen molar-refractivity contribution in [1.82, 2.24) is 9.13 Å². The first-order valence-electron chi connectivity index (χ1n) is 17.9. The molecule has 8 heteroatoms. The molecule has 8 nitrogen and oxygen atoms in total. The lowest BCUT2D eigenvalue weighted by Crippen LogP contribution is -2.45. The first-order valence-corrected chi connectivity index (χ1v) is 17.9. The van der Waals surface area contributed by atoms with Gasteiger partial charge in [-0.3, -0.25) is 0 Å². The molecule has 262 valence electrons. The van der Waals surface area contributed by atoms with Crippen LogP contribution in [0.25, 0.3) is 43.6 Å². The molecule has 2 fully saturated rings. The van der Waals surface area contributed by atoms with Crippen molar-refractivity contribution in [2.75, 3.05) is 66.1 Å². The molecule has 8 rings (SSSR count). The van der Waals surface area contributed by atoms with Crippen LogP contribution in [0.1, 0.15) is 13.8 Å². The van der Waals surface area contributed by atoms with Crippen LogP contribution in [-0.4, -0.2) is 87.4 Å². The van der Waals surface area contributed by atoms with Gasteiger partial charge in [0.05, 0.1) is 85.3 Å². The second-order valence-electron chi connectivity index (χ2n) is 14.9. The number of fused-ring (bicyclic) bond motifs is 6. The van der Waals surface area contributed by atoms with Gasteiger partial charge in [-0.2, -0.15) is 0 Å². The molecule has 0 aliphatic carbocycles. The van der Waals surface area contributed by atoms with Crippen LogP contribution in [-0.2, 0) is 41.5 Å². The van der Waals surface area contributed by atoms with E-state index >= 15 is 0 Å². The molecule has 1 atom stereocenters. The highest BCUT2D eigenvalue weighted by Crippen LogP contribution is 2.32. The van der Waals surface area contributed by atoms with Crippen LogP contribution in [0.3, 0.4) is 0 Å². The Labute approximate surface area is 293 Å². The van der Waals surface area contributed by atoms with Gasteiger partial charge in [0.25, 0.3) is 0 Å². The number of benzene rings is 4.